The number of phenolic OH excluding ortho intramolecular Hbond substituents is 1. The van der Waals surface area contributed by atoms with E-state index in [-0.39, 0.29) is 5.75 Å². The predicted molar refractivity (Wildman–Crippen MR) is 101 cm³/mol. The summed E-state index contributed by atoms with van der Waals surface area (Å²) in [4.78, 5) is 11.0. The Kier molecular flexibility index (Phi) is 4.53. The smallest absolute Gasteiger partial charge is 0.162 e. The minimum Gasteiger partial charge on any atom is -0.507 e. The number of hydrogen-bond donors (Lipinski definition) is 3. The number of aromatic amines is 1. The highest BCUT2D eigenvalue weighted by Gasteiger charge is 2.19. The number of aromatic hydroxyl groups is 1. The third-order valence-corrected chi connectivity index (χ3v) is 4.97. The molecule has 26 heavy (non-hydrogen) atoms. The average molecular weight is 350 g/mol. The molecule has 0 unspecified atom stereocenters. The largest absolute Gasteiger partial charge is 0.507 e. The van der Waals surface area contributed by atoms with Crippen LogP contribution in [-0.2, 0) is 0 Å². The monoisotopic (exact) mass is 350 g/mol. The molecule has 0 saturated carbocycles. The van der Waals surface area contributed by atoms with E-state index in [4.69, 9.17) is 0 Å². The fourth-order valence-corrected chi connectivity index (χ4v) is 3.36. The van der Waals surface area contributed by atoms with Crippen LogP contribution in [0, 0.1) is 0 Å². The molecule has 0 amide bonds. The van der Waals surface area contributed by atoms with Crippen molar-refractivity contribution in [3.63, 3.8) is 0 Å². The van der Waals surface area contributed by atoms with E-state index in [1.807, 2.05) is 12.1 Å². The Hall–Kier alpha value is -2.93. The van der Waals surface area contributed by atoms with Crippen LogP contribution < -0.4 is 10.2 Å². The van der Waals surface area contributed by atoms with Crippen molar-refractivity contribution in [3.8, 4) is 28.3 Å². The summed E-state index contributed by atoms with van der Waals surface area (Å²) in [6.07, 6.45) is 9.21. The first-order chi connectivity index (χ1) is 12.7. The topological polar surface area (TPSA) is 90.0 Å². The summed E-state index contributed by atoms with van der Waals surface area (Å²) in [6.45, 7) is 2.08. The zero-order chi connectivity index (χ0) is 17.9. The van der Waals surface area contributed by atoms with E-state index in [0.29, 0.717) is 17.4 Å². The Morgan fingerprint density at radius 2 is 1.85 bits per heavy atom. The Bertz CT molecular complexity index is 856. The molecule has 1 fully saturated rings. The van der Waals surface area contributed by atoms with Crippen LogP contribution in [0.3, 0.4) is 0 Å². The number of nitrogens with zero attached hydrogens (tertiary/aromatic N) is 4. The lowest BCUT2D eigenvalue weighted by Crippen LogP contribution is -2.41. The zero-order valence-corrected chi connectivity index (χ0v) is 14.7. The average Bonchev–Trinajstić information content (AvgIpc) is 3.23. The van der Waals surface area contributed by atoms with Crippen molar-refractivity contribution in [1.82, 2.24) is 25.5 Å². The number of phenols is 1. The maximum Gasteiger partial charge on any atom is 0.162 e. The molecule has 7 nitrogen and oxygen atoms in total. The molecule has 2 aromatic heterocycles. The van der Waals surface area contributed by atoms with Crippen molar-refractivity contribution in [3.05, 3.63) is 43.0 Å². The van der Waals surface area contributed by atoms with Crippen molar-refractivity contribution in [2.24, 2.45) is 0 Å². The van der Waals surface area contributed by atoms with Gasteiger partial charge >= 0.3 is 0 Å². The lowest BCUT2D eigenvalue weighted by molar-refractivity contribution is 0.442. The SMILES string of the molecule is CN(c1ccc(-c2ncc(-c3cn[nH]c3)cn2)c(O)c1)C1CCNCC1. The molecule has 1 aromatic carbocycles. The third kappa shape index (κ3) is 3.25. The van der Waals surface area contributed by atoms with Crippen LogP contribution in [-0.4, -0.2) is 51.5 Å². The lowest BCUT2D eigenvalue weighted by Gasteiger charge is -2.33. The highest BCUT2D eigenvalue weighted by atomic mass is 16.3. The van der Waals surface area contributed by atoms with E-state index in [2.05, 4.69) is 37.4 Å². The van der Waals surface area contributed by atoms with Gasteiger partial charge in [-0.3, -0.25) is 5.10 Å². The minimum absolute atomic E-state index is 0.194. The van der Waals surface area contributed by atoms with Gasteiger partial charge in [0.25, 0.3) is 0 Å². The highest BCUT2D eigenvalue weighted by molar-refractivity contribution is 5.69. The van der Waals surface area contributed by atoms with Crippen LogP contribution in [0.5, 0.6) is 5.75 Å². The second-order valence-electron chi connectivity index (χ2n) is 6.58. The molecule has 1 aliphatic rings. The maximum absolute atomic E-state index is 10.5. The molecular weight excluding hydrogens is 328 g/mol. The molecule has 0 spiro atoms. The summed E-state index contributed by atoms with van der Waals surface area (Å²) in [5.74, 6) is 0.699. The van der Waals surface area contributed by atoms with Gasteiger partial charge in [-0.05, 0) is 38.1 Å². The van der Waals surface area contributed by atoms with Crippen LogP contribution in [0.15, 0.2) is 43.0 Å². The van der Waals surface area contributed by atoms with Crippen LogP contribution >= 0.6 is 0 Å². The minimum atomic E-state index is 0.194. The predicted octanol–water partition coefficient (Wildman–Crippen LogP) is 2.43. The second-order valence-corrected chi connectivity index (χ2v) is 6.58. The number of piperidine rings is 1. The molecule has 7 heteroatoms. The summed E-state index contributed by atoms with van der Waals surface area (Å²) in [5.41, 5.74) is 3.45. The standard InChI is InChI=1S/C19H22N6O/c1-25(15-4-6-20-7-5-15)16-2-3-17(18(26)8-16)19-21-9-13(10-22-19)14-11-23-24-12-14/h2-3,8-12,15,20,26H,4-7H2,1H3,(H,23,24). The Morgan fingerprint density at radius 3 is 2.50 bits per heavy atom. The summed E-state index contributed by atoms with van der Waals surface area (Å²) in [6, 6.07) is 6.19. The quantitative estimate of drug-likeness (QED) is 0.670. The molecule has 4 rings (SSSR count). The fraction of sp³-hybridized carbons (Fsp3) is 0.316. The van der Waals surface area contributed by atoms with E-state index in [9.17, 15) is 5.11 Å². The van der Waals surface area contributed by atoms with Crippen LogP contribution in [0.2, 0.25) is 0 Å². The normalized spacial score (nSPS) is 15.1. The molecule has 3 N–H and O–H groups in total. The first-order valence-corrected chi connectivity index (χ1v) is 8.80. The lowest BCUT2D eigenvalue weighted by atomic mass is 10.0. The fourth-order valence-electron chi connectivity index (χ4n) is 3.36. The van der Waals surface area contributed by atoms with Gasteiger partial charge in [0.1, 0.15) is 5.75 Å². The van der Waals surface area contributed by atoms with Crippen molar-refractivity contribution in [1.29, 1.82) is 0 Å². The van der Waals surface area contributed by atoms with E-state index in [0.717, 1.165) is 42.7 Å². The van der Waals surface area contributed by atoms with Gasteiger partial charge in [0.05, 0.1) is 11.8 Å². The Balaban J connectivity index is 1.56. The van der Waals surface area contributed by atoms with Crippen LogP contribution in [0.4, 0.5) is 5.69 Å². The van der Waals surface area contributed by atoms with Crippen molar-refractivity contribution < 1.29 is 5.11 Å². The number of nitrogens with one attached hydrogen (secondary N) is 2. The number of rotatable bonds is 4. The number of H-pyrrole nitrogens is 1. The van der Waals surface area contributed by atoms with E-state index in [1.54, 1.807) is 30.9 Å². The summed E-state index contributed by atoms with van der Waals surface area (Å²) < 4.78 is 0. The van der Waals surface area contributed by atoms with Crippen LogP contribution in [0.1, 0.15) is 12.8 Å². The molecular formula is C19H22N6O. The molecule has 3 aromatic rings. The van der Waals surface area contributed by atoms with E-state index < -0.39 is 0 Å². The van der Waals surface area contributed by atoms with Gasteiger partial charge in [-0.15, -0.1) is 0 Å². The van der Waals surface area contributed by atoms with Crippen LogP contribution in [0.25, 0.3) is 22.5 Å². The molecule has 0 atom stereocenters. The van der Waals surface area contributed by atoms with E-state index >= 15 is 0 Å². The summed E-state index contributed by atoms with van der Waals surface area (Å²) in [7, 11) is 2.08. The second kappa shape index (κ2) is 7.13. The highest BCUT2D eigenvalue weighted by Crippen LogP contribution is 2.32. The number of hydrogen-bond acceptors (Lipinski definition) is 6. The van der Waals surface area contributed by atoms with Gasteiger partial charge in [0.2, 0.25) is 0 Å². The molecule has 1 saturated heterocycles. The van der Waals surface area contributed by atoms with Gasteiger partial charge in [0.15, 0.2) is 5.82 Å². The molecule has 1 aliphatic heterocycles. The third-order valence-electron chi connectivity index (χ3n) is 4.97. The first kappa shape index (κ1) is 16.5. The zero-order valence-electron chi connectivity index (χ0n) is 14.7. The molecule has 0 bridgehead atoms. The molecule has 0 aliphatic carbocycles. The van der Waals surface area contributed by atoms with Crippen molar-refractivity contribution in [2.75, 3.05) is 25.0 Å². The molecule has 0 radical (unpaired) electrons. The summed E-state index contributed by atoms with van der Waals surface area (Å²) in [5, 5.41) is 20.6. The van der Waals surface area contributed by atoms with Gasteiger partial charge < -0.3 is 15.3 Å². The Morgan fingerprint density at radius 1 is 1.08 bits per heavy atom. The number of anilines is 1. The Labute approximate surface area is 152 Å². The van der Waals surface area contributed by atoms with Crippen molar-refractivity contribution in [2.45, 2.75) is 18.9 Å². The summed E-state index contributed by atoms with van der Waals surface area (Å²) >= 11 is 0. The number of benzene rings is 1. The first-order valence-electron chi connectivity index (χ1n) is 8.80. The molecule has 134 valence electrons. The number of aromatic nitrogens is 4. The maximum atomic E-state index is 10.5. The van der Waals surface area contributed by atoms with E-state index in [1.165, 1.54) is 0 Å². The van der Waals surface area contributed by atoms with Gasteiger partial charge in [-0.2, -0.15) is 5.10 Å². The van der Waals surface area contributed by atoms with Crippen molar-refractivity contribution >= 4 is 5.69 Å². The van der Waals surface area contributed by atoms with Gasteiger partial charge in [-0.1, -0.05) is 0 Å². The van der Waals surface area contributed by atoms with Gasteiger partial charge in [0, 0.05) is 54.6 Å². The molecule has 3 heterocycles. The van der Waals surface area contributed by atoms with Gasteiger partial charge in [-0.25, -0.2) is 9.97 Å².